The molecule has 0 aliphatic heterocycles. The number of hydrogen-bond donors (Lipinski definition) is 1. The van der Waals surface area contributed by atoms with Crippen molar-refractivity contribution >= 4 is 17.3 Å². The first kappa shape index (κ1) is 14.7. The second-order valence-electron chi connectivity index (χ2n) is 4.83. The number of rotatable bonds is 5. The molecule has 1 heterocycles. The predicted octanol–water partition coefficient (Wildman–Crippen LogP) is 3.24. The van der Waals surface area contributed by atoms with Crippen LogP contribution < -0.4 is 11.3 Å². The van der Waals surface area contributed by atoms with Crippen molar-refractivity contribution in [3.8, 4) is 5.69 Å². The van der Waals surface area contributed by atoms with Gasteiger partial charge in [-0.25, -0.2) is 4.68 Å². The maximum Gasteiger partial charge on any atom is 0.294 e. The summed E-state index contributed by atoms with van der Waals surface area (Å²) in [5.41, 5.74) is 7.86. The van der Waals surface area contributed by atoms with Crippen molar-refractivity contribution in [2.45, 2.75) is 39.7 Å². The monoisotopic (exact) mass is 293 g/mol. The second kappa shape index (κ2) is 6.18. The zero-order valence-electron chi connectivity index (χ0n) is 11.9. The minimum absolute atomic E-state index is 0.163. The highest BCUT2D eigenvalue weighted by molar-refractivity contribution is 6.30. The molecule has 0 unspecified atom stereocenters. The first-order valence-corrected chi connectivity index (χ1v) is 7.34. The lowest BCUT2D eigenvalue weighted by Crippen LogP contribution is -2.22. The van der Waals surface area contributed by atoms with E-state index in [0.29, 0.717) is 10.7 Å². The minimum Gasteiger partial charge on any atom is -0.393 e. The van der Waals surface area contributed by atoms with E-state index in [2.05, 4.69) is 13.8 Å². The fourth-order valence-corrected chi connectivity index (χ4v) is 2.60. The van der Waals surface area contributed by atoms with Crippen LogP contribution in [0.4, 0.5) is 5.69 Å². The molecule has 1 aromatic carbocycles. The molecule has 0 saturated carbocycles. The normalized spacial score (nSPS) is 10.9. The average Bonchev–Trinajstić information content (AvgIpc) is 2.65. The predicted molar refractivity (Wildman–Crippen MR) is 83.7 cm³/mol. The van der Waals surface area contributed by atoms with E-state index < -0.39 is 0 Å². The fraction of sp³-hybridized carbons (Fsp3) is 0.400. The van der Waals surface area contributed by atoms with Gasteiger partial charge in [-0.2, -0.15) is 0 Å². The number of aromatic nitrogens is 2. The van der Waals surface area contributed by atoms with Crippen molar-refractivity contribution < 1.29 is 0 Å². The molecule has 4 nitrogen and oxygen atoms in total. The summed E-state index contributed by atoms with van der Waals surface area (Å²) in [4.78, 5) is 12.4. The van der Waals surface area contributed by atoms with E-state index in [4.69, 9.17) is 17.3 Å². The molecule has 0 fully saturated rings. The zero-order chi connectivity index (χ0) is 14.7. The van der Waals surface area contributed by atoms with E-state index in [1.54, 1.807) is 16.8 Å². The molecule has 0 aliphatic carbocycles. The van der Waals surface area contributed by atoms with Gasteiger partial charge in [0.25, 0.3) is 5.56 Å². The molecule has 0 amide bonds. The summed E-state index contributed by atoms with van der Waals surface area (Å²) in [6.07, 6.45) is 2.69. The fourth-order valence-electron chi connectivity index (χ4n) is 2.42. The van der Waals surface area contributed by atoms with Crippen LogP contribution in [0.1, 0.15) is 32.4 Å². The Bertz CT molecular complexity index is 658. The van der Waals surface area contributed by atoms with Gasteiger partial charge < -0.3 is 5.73 Å². The summed E-state index contributed by atoms with van der Waals surface area (Å²) in [6, 6.07) is 7.28. The van der Waals surface area contributed by atoms with Crippen LogP contribution in [0.3, 0.4) is 0 Å². The highest BCUT2D eigenvalue weighted by Crippen LogP contribution is 2.18. The number of anilines is 1. The Morgan fingerprint density at radius 2 is 2.00 bits per heavy atom. The lowest BCUT2D eigenvalue weighted by molar-refractivity contribution is 0.512. The molecule has 0 bridgehead atoms. The van der Waals surface area contributed by atoms with Crippen molar-refractivity contribution in [1.82, 2.24) is 9.36 Å². The Morgan fingerprint density at radius 1 is 1.25 bits per heavy atom. The molecule has 2 rings (SSSR count). The Kier molecular flexibility index (Phi) is 4.55. The first-order valence-electron chi connectivity index (χ1n) is 6.96. The smallest absolute Gasteiger partial charge is 0.294 e. The summed E-state index contributed by atoms with van der Waals surface area (Å²) >= 11 is 6.03. The van der Waals surface area contributed by atoms with Gasteiger partial charge >= 0.3 is 0 Å². The SMILES string of the molecule is CCCc1c(N)c(=O)n(-c2cccc(Cl)c2)n1CCC. The summed E-state index contributed by atoms with van der Waals surface area (Å²) in [7, 11) is 0. The highest BCUT2D eigenvalue weighted by Gasteiger charge is 2.17. The van der Waals surface area contributed by atoms with E-state index >= 15 is 0 Å². The number of nitrogens with zero attached hydrogens (tertiary/aromatic N) is 2. The molecule has 0 aliphatic rings. The van der Waals surface area contributed by atoms with Crippen LogP contribution in [0, 0.1) is 0 Å². The van der Waals surface area contributed by atoms with Crippen LogP contribution in [0.15, 0.2) is 29.1 Å². The largest absolute Gasteiger partial charge is 0.393 e. The molecule has 20 heavy (non-hydrogen) atoms. The second-order valence-corrected chi connectivity index (χ2v) is 5.27. The summed E-state index contributed by atoms with van der Waals surface area (Å²) in [5.74, 6) is 0. The number of nitrogen functional groups attached to an aromatic ring is 1. The van der Waals surface area contributed by atoms with Crippen LogP contribution in [-0.2, 0) is 13.0 Å². The van der Waals surface area contributed by atoms with E-state index in [9.17, 15) is 4.79 Å². The molecular weight excluding hydrogens is 274 g/mol. The van der Waals surface area contributed by atoms with Gasteiger partial charge in [-0.1, -0.05) is 37.9 Å². The van der Waals surface area contributed by atoms with Crippen LogP contribution in [0.5, 0.6) is 0 Å². The van der Waals surface area contributed by atoms with Crippen molar-refractivity contribution in [2.75, 3.05) is 5.73 Å². The lowest BCUT2D eigenvalue weighted by Gasteiger charge is -2.14. The molecule has 1 aromatic heterocycles. The van der Waals surface area contributed by atoms with Gasteiger partial charge in [-0.15, -0.1) is 0 Å². The Labute approximate surface area is 123 Å². The standard InChI is InChI=1S/C15H20ClN3O/c1-3-6-13-14(17)15(20)19(18(13)9-4-2)12-8-5-7-11(16)10-12/h5,7-8,10H,3-4,6,9,17H2,1-2H3. The molecule has 108 valence electrons. The van der Waals surface area contributed by atoms with Crippen LogP contribution in [0.2, 0.25) is 5.02 Å². The van der Waals surface area contributed by atoms with Gasteiger partial charge in [0, 0.05) is 11.6 Å². The topological polar surface area (TPSA) is 53.0 Å². The zero-order valence-corrected chi connectivity index (χ0v) is 12.7. The number of benzene rings is 1. The van der Waals surface area contributed by atoms with Crippen molar-refractivity contribution in [2.24, 2.45) is 0 Å². The maximum absolute atomic E-state index is 12.4. The minimum atomic E-state index is -0.163. The third-order valence-electron chi connectivity index (χ3n) is 3.26. The van der Waals surface area contributed by atoms with Gasteiger partial charge in [0.15, 0.2) is 0 Å². The Hall–Kier alpha value is -1.68. The molecule has 5 heteroatoms. The van der Waals surface area contributed by atoms with Crippen LogP contribution in [-0.4, -0.2) is 9.36 Å². The van der Waals surface area contributed by atoms with E-state index in [1.165, 1.54) is 0 Å². The van der Waals surface area contributed by atoms with Crippen LogP contribution in [0.25, 0.3) is 5.69 Å². The van der Waals surface area contributed by atoms with E-state index in [0.717, 1.165) is 37.2 Å². The van der Waals surface area contributed by atoms with E-state index in [-0.39, 0.29) is 5.56 Å². The number of nitrogens with two attached hydrogens (primary N) is 1. The molecule has 0 radical (unpaired) electrons. The van der Waals surface area contributed by atoms with Crippen molar-refractivity contribution in [3.63, 3.8) is 0 Å². The van der Waals surface area contributed by atoms with Gasteiger partial charge in [-0.05, 0) is 31.0 Å². The van der Waals surface area contributed by atoms with Crippen LogP contribution >= 0.6 is 11.6 Å². The third kappa shape index (κ3) is 2.61. The van der Waals surface area contributed by atoms with E-state index in [1.807, 2.05) is 16.8 Å². The molecule has 2 N–H and O–H groups in total. The van der Waals surface area contributed by atoms with Gasteiger partial charge in [-0.3, -0.25) is 9.48 Å². The summed E-state index contributed by atoms with van der Waals surface area (Å²) in [6.45, 7) is 4.92. The summed E-state index contributed by atoms with van der Waals surface area (Å²) < 4.78 is 3.61. The summed E-state index contributed by atoms with van der Waals surface area (Å²) in [5, 5.41) is 0.606. The van der Waals surface area contributed by atoms with Crippen molar-refractivity contribution in [3.05, 3.63) is 45.3 Å². The molecule has 0 atom stereocenters. The lowest BCUT2D eigenvalue weighted by atomic mass is 10.2. The highest BCUT2D eigenvalue weighted by atomic mass is 35.5. The third-order valence-corrected chi connectivity index (χ3v) is 3.50. The Morgan fingerprint density at radius 3 is 2.60 bits per heavy atom. The molecular formula is C15H20ClN3O. The maximum atomic E-state index is 12.4. The molecule has 0 saturated heterocycles. The van der Waals surface area contributed by atoms with Gasteiger partial charge in [0.05, 0.1) is 11.4 Å². The van der Waals surface area contributed by atoms with Gasteiger partial charge in [0.1, 0.15) is 5.69 Å². The number of halogens is 1. The van der Waals surface area contributed by atoms with Crippen molar-refractivity contribution in [1.29, 1.82) is 0 Å². The quantitative estimate of drug-likeness (QED) is 0.920. The van der Waals surface area contributed by atoms with Gasteiger partial charge in [0.2, 0.25) is 0 Å². The Balaban J connectivity index is 2.68. The first-order chi connectivity index (χ1) is 9.60. The molecule has 2 aromatic rings. The average molecular weight is 294 g/mol. The number of hydrogen-bond acceptors (Lipinski definition) is 2. The molecule has 0 spiro atoms.